The van der Waals surface area contributed by atoms with Crippen molar-refractivity contribution in [2.45, 2.75) is 6.04 Å². The first kappa shape index (κ1) is 5.79. The van der Waals surface area contributed by atoms with E-state index in [0.717, 1.165) is 6.54 Å². The van der Waals surface area contributed by atoms with Gasteiger partial charge >= 0.3 is 0 Å². The molecule has 0 radical (unpaired) electrons. The molecule has 0 aromatic heterocycles. The lowest BCUT2D eigenvalue weighted by Gasteiger charge is -1.89. The number of hydrogen-bond donors (Lipinski definition) is 2. The van der Waals surface area contributed by atoms with Crippen LogP contribution in [-0.2, 0) is 0 Å². The Balaban J connectivity index is 2.23. The normalized spacial score (nSPS) is 35.5. The van der Waals surface area contributed by atoms with Gasteiger partial charge in [-0.25, -0.2) is 0 Å². The average Bonchev–Trinajstić information content (AvgIpc) is 2.25. The molecule has 2 atom stereocenters. The Morgan fingerprint density at radius 1 is 1.88 bits per heavy atom. The van der Waals surface area contributed by atoms with E-state index in [1.807, 2.05) is 7.05 Å². The molecule has 2 unspecified atom stereocenters. The van der Waals surface area contributed by atoms with Crippen LogP contribution in [-0.4, -0.2) is 19.6 Å². The first-order valence-corrected chi connectivity index (χ1v) is 2.86. The zero-order chi connectivity index (χ0) is 6.15. The molecule has 3 N–H and O–H groups in total. The van der Waals surface area contributed by atoms with Gasteiger partial charge in [0.05, 0.1) is 0 Å². The molecule has 1 fully saturated rings. The minimum absolute atomic E-state index is 0.280. The van der Waals surface area contributed by atoms with Gasteiger partial charge in [0.2, 0.25) is 0 Å². The van der Waals surface area contributed by atoms with Gasteiger partial charge in [-0.15, -0.1) is 0 Å². The molecule has 0 saturated heterocycles. The van der Waals surface area contributed by atoms with Crippen LogP contribution in [0.3, 0.4) is 0 Å². The van der Waals surface area contributed by atoms with Crippen molar-refractivity contribution >= 4 is 0 Å². The van der Waals surface area contributed by atoms with Crippen molar-refractivity contribution in [2.75, 3.05) is 13.6 Å². The minimum atomic E-state index is 0.280. The highest BCUT2D eigenvalue weighted by Crippen LogP contribution is 2.33. The van der Waals surface area contributed by atoms with Crippen molar-refractivity contribution in [3.05, 3.63) is 12.2 Å². The van der Waals surface area contributed by atoms with E-state index in [4.69, 9.17) is 5.73 Å². The van der Waals surface area contributed by atoms with E-state index in [1.165, 1.54) is 5.57 Å². The van der Waals surface area contributed by atoms with Gasteiger partial charge in [0.15, 0.2) is 0 Å². The summed E-state index contributed by atoms with van der Waals surface area (Å²) in [6.07, 6.45) is 0. The molecule has 0 aromatic rings. The third kappa shape index (κ3) is 0.767. The van der Waals surface area contributed by atoms with Crippen molar-refractivity contribution in [1.82, 2.24) is 5.32 Å². The molecule has 1 aliphatic rings. The second kappa shape index (κ2) is 1.88. The van der Waals surface area contributed by atoms with E-state index >= 15 is 0 Å². The SMILES string of the molecule is C=C1C(N)C1CNC. The molecule has 0 aromatic carbocycles. The lowest BCUT2D eigenvalue weighted by Crippen LogP contribution is -2.14. The first-order valence-electron chi connectivity index (χ1n) is 2.86. The van der Waals surface area contributed by atoms with Gasteiger partial charge in [-0.05, 0) is 7.05 Å². The summed E-state index contributed by atoms with van der Waals surface area (Å²) in [6.45, 7) is 4.77. The minimum Gasteiger partial charge on any atom is -0.324 e. The Morgan fingerprint density at radius 3 is 2.50 bits per heavy atom. The van der Waals surface area contributed by atoms with Gasteiger partial charge in [0.1, 0.15) is 0 Å². The van der Waals surface area contributed by atoms with Gasteiger partial charge in [0, 0.05) is 18.5 Å². The third-order valence-electron chi connectivity index (χ3n) is 1.65. The fourth-order valence-electron chi connectivity index (χ4n) is 0.880. The largest absolute Gasteiger partial charge is 0.324 e. The second-order valence-corrected chi connectivity index (χ2v) is 2.26. The maximum atomic E-state index is 5.56. The zero-order valence-electron chi connectivity index (χ0n) is 5.15. The highest BCUT2D eigenvalue weighted by Gasteiger charge is 2.37. The molecule has 2 nitrogen and oxygen atoms in total. The van der Waals surface area contributed by atoms with Crippen LogP contribution in [0.2, 0.25) is 0 Å². The van der Waals surface area contributed by atoms with Crippen LogP contribution in [0.15, 0.2) is 12.2 Å². The summed E-state index contributed by atoms with van der Waals surface area (Å²) in [4.78, 5) is 0. The highest BCUT2D eigenvalue weighted by atomic mass is 14.9. The quantitative estimate of drug-likeness (QED) is 0.482. The monoisotopic (exact) mass is 112 g/mol. The fraction of sp³-hybridized carbons (Fsp3) is 0.667. The van der Waals surface area contributed by atoms with Crippen molar-refractivity contribution in [3.63, 3.8) is 0 Å². The molecule has 0 heterocycles. The van der Waals surface area contributed by atoms with Crippen molar-refractivity contribution in [2.24, 2.45) is 11.7 Å². The Morgan fingerprint density at radius 2 is 2.38 bits per heavy atom. The molecule has 0 amide bonds. The van der Waals surface area contributed by atoms with E-state index in [0.29, 0.717) is 5.92 Å². The van der Waals surface area contributed by atoms with E-state index < -0.39 is 0 Å². The summed E-state index contributed by atoms with van der Waals surface area (Å²) in [6, 6.07) is 0.280. The van der Waals surface area contributed by atoms with E-state index in [1.54, 1.807) is 0 Å². The smallest absolute Gasteiger partial charge is 0.0334 e. The Labute approximate surface area is 49.8 Å². The summed E-state index contributed by atoms with van der Waals surface area (Å²) in [7, 11) is 1.93. The predicted molar refractivity (Wildman–Crippen MR) is 34.5 cm³/mol. The molecule has 2 heteroatoms. The maximum absolute atomic E-state index is 5.56. The summed E-state index contributed by atoms with van der Waals surface area (Å²) in [5.41, 5.74) is 6.75. The average molecular weight is 112 g/mol. The van der Waals surface area contributed by atoms with Crippen molar-refractivity contribution in [3.8, 4) is 0 Å². The van der Waals surface area contributed by atoms with Crippen molar-refractivity contribution in [1.29, 1.82) is 0 Å². The van der Waals surface area contributed by atoms with Crippen LogP contribution in [0.4, 0.5) is 0 Å². The van der Waals surface area contributed by atoms with Crippen LogP contribution in [0, 0.1) is 5.92 Å². The van der Waals surface area contributed by atoms with Crippen LogP contribution in [0.5, 0.6) is 0 Å². The Hall–Kier alpha value is -0.340. The van der Waals surface area contributed by atoms with Gasteiger partial charge in [-0.2, -0.15) is 0 Å². The molecule has 0 bridgehead atoms. The predicted octanol–water partition coefficient (Wildman–Crippen LogP) is -0.281. The number of nitrogens with two attached hydrogens (primary N) is 1. The van der Waals surface area contributed by atoms with Gasteiger partial charge in [-0.3, -0.25) is 0 Å². The van der Waals surface area contributed by atoms with Gasteiger partial charge in [-0.1, -0.05) is 12.2 Å². The van der Waals surface area contributed by atoms with Crippen LogP contribution in [0.1, 0.15) is 0 Å². The molecule has 1 aliphatic carbocycles. The molecule has 1 saturated carbocycles. The summed E-state index contributed by atoms with van der Waals surface area (Å²) >= 11 is 0. The number of hydrogen-bond acceptors (Lipinski definition) is 2. The third-order valence-corrected chi connectivity index (χ3v) is 1.65. The maximum Gasteiger partial charge on any atom is 0.0334 e. The number of nitrogens with one attached hydrogen (secondary N) is 1. The van der Waals surface area contributed by atoms with Gasteiger partial charge in [0.25, 0.3) is 0 Å². The molecule has 0 spiro atoms. The molecular formula is C6H12N2. The molecule has 1 rings (SSSR count). The Kier molecular flexibility index (Phi) is 1.36. The summed E-state index contributed by atoms with van der Waals surface area (Å²) in [5.74, 6) is 0.556. The first-order chi connectivity index (χ1) is 3.77. The summed E-state index contributed by atoms with van der Waals surface area (Å²) in [5, 5.41) is 3.05. The highest BCUT2D eigenvalue weighted by molar-refractivity contribution is 5.30. The standard InChI is InChI=1S/C6H12N2/c1-4-5(3-8-2)6(4)7/h5-6,8H,1,3,7H2,2H3. The Bertz CT molecular complexity index is 109. The molecule has 0 aliphatic heterocycles. The fourth-order valence-corrected chi connectivity index (χ4v) is 0.880. The van der Waals surface area contributed by atoms with Crippen LogP contribution in [0.25, 0.3) is 0 Å². The number of rotatable bonds is 2. The molecule has 8 heavy (non-hydrogen) atoms. The van der Waals surface area contributed by atoms with Crippen LogP contribution < -0.4 is 11.1 Å². The van der Waals surface area contributed by atoms with Crippen LogP contribution >= 0.6 is 0 Å². The summed E-state index contributed by atoms with van der Waals surface area (Å²) < 4.78 is 0. The van der Waals surface area contributed by atoms with E-state index in [9.17, 15) is 0 Å². The van der Waals surface area contributed by atoms with Crippen molar-refractivity contribution < 1.29 is 0 Å². The molecule has 46 valence electrons. The van der Waals surface area contributed by atoms with Gasteiger partial charge < -0.3 is 11.1 Å². The lowest BCUT2D eigenvalue weighted by atomic mass is 10.4. The van der Waals surface area contributed by atoms with E-state index in [-0.39, 0.29) is 6.04 Å². The van der Waals surface area contributed by atoms with E-state index in [2.05, 4.69) is 11.9 Å². The zero-order valence-corrected chi connectivity index (χ0v) is 5.15. The second-order valence-electron chi connectivity index (χ2n) is 2.26. The lowest BCUT2D eigenvalue weighted by molar-refractivity contribution is 0.704. The topological polar surface area (TPSA) is 38.0 Å². The molecular weight excluding hydrogens is 100 g/mol.